The Morgan fingerprint density at radius 3 is 2.65 bits per heavy atom. The minimum atomic E-state index is 0.228. The number of hydrogen-bond acceptors (Lipinski definition) is 4. The molecule has 5 heteroatoms. The van der Waals surface area contributed by atoms with Gasteiger partial charge < -0.3 is 15.5 Å². The van der Waals surface area contributed by atoms with Crippen molar-refractivity contribution in [1.29, 1.82) is 0 Å². The van der Waals surface area contributed by atoms with Crippen molar-refractivity contribution in [2.75, 3.05) is 38.1 Å². The number of hydrogen-bond donors (Lipinski definition) is 1. The van der Waals surface area contributed by atoms with E-state index in [0.717, 1.165) is 38.2 Å². The van der Waals surface area contributed by atoms with Gasteiger partial charge in [-0.15, -0.1) is 0 Å². The Balaban J connectivity index is 2.25. The van der Waals surface area contributed by atoms with Gasteiger partial charge in [0.1, 0.15) is 5.82 Å². The number of likely N-dealkylation sites (N-methyl/N-ethyl adjacent to an activating group) is 1. The third kappa shape index (κ3) is 3.33. The second-order valence-electron chi connectivity index (χ2n) is 6.03. The maximum Gasteiger partial charge on any atom is 0.130 e. The zero-order valence-corrected chi connectivity index (χ0v) is 13.4. The normalized spacial score (nSPS) is 19.1. The largest absolute Gasteiger partial charge is 0.355 e. The first-order valence-electron chi connectivity index (χ1n) is 7.74. The van der Waals surface area contributed by atoms with Gasteiger partial charge in [0.2, 0.25) is 0 Å². The summed E-state index contributed by atoms with van der Waals surface area (Å²) >= 11 is 0. The number of anilines is 1. The average molecular weight is 279 g/mol. The maximum absolute atomic E-state index is 6.17. The van der Waals surface area contributed by atoms with Crippen molar-refractivity contribution in [1.82, 2.24) is 14.7 Å². The minimum absolute atomic E-state index is 0.228. The van der Waals surface area contributed by atoms with E-state index < -0.39 is 0 Å². The van der Waals surface area contributed by atoms with Gasteiger partial charge in [-0.1, -0.05) is 6.92 Å². The van der Waals surface area contributed by atoms with Gasteiger partial charge in [-0.2, -0.15) is 5.10 Å². The lowest BCUT2D eigenvalue weighted by atomic mass is 10.0. The molecule has 0 aliphatic carbocycles. The summed E-state index contributed by atoms with van der Waals surface area (Å²) in [6, 6.07) is 0.228. The zero-order valence-electron chi connectivity index (χ0n) is 13.4. The first-order valence-corrected chi connectivity index (χ1v) is 7.74. The fourth-order valence-corrected chi connectivity index (χ4v) is 2.99. The fourth-order valence-electron chi connectivity index (χ4n) is 2.99. The van der Waals surface area contributed by atoms with Crippen LogP contribution < -0.4 is 10.6 Å². The highest BCUT2D eigenvalue weighted by molar-refractivity contribution is 5.50. The smallest absolute Gasteiger partial charge is 0.130 e. The van der Waals surface area contributed by atoms with Gasteiger partial charge >= 0.3 is 0 Å². The molecule has 1 aromatic heterocycles. The standard InChI is InChI=1S/C15H29N5/c1-5-13(16)11-14-12(2)17-19(4)15(14)20-8-6-7-18(3)9-10-20/h13H,5-11,16H2,1-4H3. The summed E-state index contributed by atoms with van der Waals surface area (Å²) in [6.45, 7) is 8.73. The van der Waals surface area contributed by atoms with Crippen molar-refractivity contribution in [3.05, 3.63) is 11.3 Å². The summed E-state index contributed by atoms with van der Waals surface area (Å²) in [5.74, 6) is 1.28. The monoisotopic (exact) mass is 279 g/mol. The number of nitrogens with zero attached hydrogens (tertiary/aromatic N) is 4. The number of aromatic nitrogens is 2. The predicted molar refractivity (Wildman–Crippen MR) is 84.2 cm³/mol. The van der Waals surface area contributed by atoms with Gasteiger partial charge in [0.15, 0.2) is 0 Å². The second-order valence-corrected chi connectivity index (χ2v) is 6.03. The molecule has 20 heavy (non-hydrogen) atoms. The van der Waals surface area contributed by atoms with Gasteiger partial charge in [-0.05, 0) is 39.8 Å². The summed E-state index contributed by atoms with van der Waals surface area (Å²) in [4.78, 5) is 4.89. The molecule has 1 fully saturated rings. The molecule has 0 saturated carbocycles. The third-order valence-electron chi connectivity index (χ3n) is 4.32. The van der Waals surface area contributed by atoms with E-state index in [1.54, 1.807) is 0 Å². The highest BCUT2D eigenvalue weighted by atomic mass is 15.4. The van der Waals surface area contributed by atoms with E-state index in [-0.39, 0.29) is 6.04 Å². The van der Waals surface area contributed by atoms with Crippen molar-refractivity contribution >= 4 is 5.82 Å². The van der Waals surface area contributed by atoms with Gasteiger partial charge in [0.05, 0.1) is 5.69 Å². The second kappa shape index (κ2) is 6.59. The van der Waals surface area contributed by atoms with Crippen molar-refractivity contribution in [2.45, 2.75) is 39.2 Å². The summed E-state index contributed by atoms with van der Waals surface area (Å²) in [5, 5.41) is 4.63. The van der Waals surface area contributed by atoms with Crippen LogP contribution in [0.1, 0.15) is 31.0 Å². The molecule has 1 unspecified atom stereocenters. The van der Waals surface area contributed by atoms with Crippen molar-refractivity contribution in [2.24, 2.45) is 12.8 Å². The molecule has 114 valence electrons. The molecule has 0 spiro atoms. The van der Waals surface area contributed by atoms with E-state index >= 15 is 0 Å². The molecule has 0 aromatic carbocycles. The highest BCUT2D eigenvalue weighted by Crippen LogP contribution is 2.25. The van der Waals surface area contributed by atoms with Crippen molar-refractivity contribution in [3.8, 4) is 0 Å². The molecular weight excluding hydrogens is 250 g/mol. The van der Waals surface area contributed by atoms with Crippen LogP contribution in [0.2, 0.25) is 0 Å². The Kier molecular flexibility index (Phi) is 5.05. The summed E-state index contributed by atoms with van der Waals surface area (Å²) in [7, 11) is 4.25. The van der Waals surface area contributed by atoms with Crippen molar-refractivity contribution in [3.63, 3.8) is 0 Å². The Hall–Kier alpha value is -1.07. The molecule has 1 aliphatic heterocycles. The maximum atomic E-state index is 6.17. The zero-order chi connectivity index (χ0) is 14.7. The molecule has 1 atom stereocenters. The van der Waals surface area contributed by atoms with Gasteiger partial charge in [0, 0.05) is 38.3 Å². The number of aryl methyl sites for hydroxylation is 2. The van der Waals surface area contributed by atoms with E-state index in [1.807, 2.05) is 4.68 Å². The molecule has 1 aliphatic rings. The van der Waals surface area contributed by atoms with Crippen LogP contribution in [-0.4, -0.2) is 53.9 Å². The van der Waals surface area contributed by atoms with Crippen LogP contribution in [0.25, 0.3) is 0 Å². The molecule has 0 amide bonds. The van der Waals surface area contributed by atoms with Gasteiger partial charge in [0.25, 0.3) is 0 Å². The summed E-state index contributed by atoms with van der Waals surface area (Å²) in [5.41, 5.74) is 8.64. The Morgan fingerprint density at radius 2 is 1.95 bits per heavy atom. The minimum Gasteiger partial charge on any atom is -0.355 e. The van der Waals surface area contributed by atoms with Crippen LogP contribution in [0.3, 0.4) is 0 Å². The molecule has 1 aromatic rings. The quantitative estimate of drug-likeness (QED) is 0.898. The van der Waals surface area contributed by atoms with Crippen LogP contribution in [0.5, 0.6) is 0 Å². The summed E-state index contributed by atoms with van der Waals surface area (Å²) in [6.07, 6.45) is 3.15. The Morgan fingerprint density at radius 1 is 1.20 bits per heavy atom. The Bertz CT molecular complexity index is 440. The first-order chi connectivity index (χ1) is 9.52. The highest BCUT2D eigenvalue weighted by Gasteiger charge is 2.22. The third-order valence-corrected chi connectivity index (χ3v) is 4.32. The van der Waals surface area contributed by atoms with Crippen molar-refractivity contribution < 1.29 is 0 Å². The van der Waals surface area contributed by atoms with Crippen LogP contribution in [0, 0.1) is 6.92 Å². The molecule has 0 radical (unpaired) electrons. The van der Waals surface area contributed by atoms with Gasteiger partial charge in [-0.3, -0.25) is 4.68 Å². The predicted octanol–water partition coefficient (Wildman–Crippen LogP) is 1.15. The molecular formula is C15H29N5. The molecule has 1 saturated heterocycles. The molecule has 2 rings (SSSR count). The molecule has 5 nitrogen and oxygen atoms in total. The van der Waals surface area contributed by atoms with E-state index in [0.29, 0.717) is 0 Å². The van der Waals surface area contributed by atoms with Crippen LogP contribution in [0.15, 0.2) is 0 Å². The van der Waals surface area contributed by atoms with Crippen LogP contribution in [-0.2, 0) is 13.5 Å². The topological polar surface area (TPSA) is 50.3 Å². The fraction of sp³-hybridized carbons (Fsp3) is 0.800. The van der Waals surface area contributed by atoms with Crippen LogP contribution >= 0.6 is 0 Å². The van der Waals surface area contributed by atoms with E-state index in [4.69, 9.17) is 5.73 Å². The SMILES string of the molecule is CCC(N)Cc1c(C)nn(C)c1N1CCCN(C)CC1. The lowest BCUT2D eigenvalue weighted by Crippen LogP contribution is -2.31. The van der Waals surface area contributed by atoms with E-state index in [2.05, 4.69) is 42.8 Å². The van der Waals surface area contributed by atoms with E-state index in [1.165, 1.54) is 24.3 Å². The average Bonchev–Trinajstić information content (AvgIpc) is 2.57. The lowest BCUT2D eigenvalue weighted by molar-refractivity contribution is 0.360. The number of rotatable bonds is 4. The number of nitrogens with two attached hydrogens (primary N) is 1. The summed E-state index contributed by atoms with van der Waals surface area (Å²) < 4.78 is 2.04. The molecule has 0 bridgehead atoms. The molecule has 2 heterocycles. The van der Waals surface area contributed by atoms with Crippen LogP contribution in [0.4, 0.5) is 5.82 Å². The molecule has 2 N–H and O–H groups in total. The van der Waals surface area contributed by atoms with E-state index in [9.17, 15) is 0 Å². The first kappa shape index (κ1) is 15.3. The Labute approximate surface area is 122 Å². The lowest BCUT2D eigenvalue weighted by Gasteiger charge is -2.25. The van der Waals surface area contributed by atoms with Gasteiger partial charge in [-0.25, -0.2) is 0 Å².